The molecular formula is C21H16N2O3S. The summed E-state index contributed by atoms with van der Waals surface area (Å²) in [5, 5.41) is 8.87. The van der Waals surface area contributed by atoms with Crippen molar-refractivity contribution in [1.29, 1.82) is 5.26 Å². The van der Waals surface area contributed by atoms with Gasteiger partial charge in [-0.2, -0.15) is 5.26 Å². The maximum atomic E-state index is 12.4. The Balaban J connectivity index is 1.83. The number of thioether (sulfide) groups is 1. The molecule has 6 heteroatoms. The van der Waals surface area contributed by atoms with Gasteiger partial charge in [0.2, 0.25) is 0 Å². The Morgan fingerprint density at radius 1 is 1.15 bits per heavy atom. The SMILES string of the molecule is C=CCN1C(=O)S/C(=C/c2ccccc2OCc2ccccc2C#N)C1=O. The number of nitrogens with zero attached hydrogens (tertiary/aromatic N) is 2. The Labute approximate surface area is 161 Å². The lowest BCUT2D eigenvalue weighted by molar-refractivity contribution is -0.122. The molecule has 0 radical (unpaired) electrons. The Kier molecular flexibility index (Phi) is 5.74. The van der Waals surface area contributed by atoms with Crippen molar-refractivity contribution in [3.8, 4) is 11.8 Å². The highest BCUT2D eigenvalue weighted by atomic mass is 32.2. The van der Waals surface area contributed by atoms with E-state index in [4.69, 9.17) is 4.74 Å². The van der Waals surface area contributed by atoms with Gasteiger partial charge in [-0.3, -0.25) is 14.5 Å². The van der Waals surface area contributed by atoms with Crippen molar-refractivity contribution in [2.24, 2.45) is 0 Å². The van der Waals surface area contributed by atoms with E-state index < -0.39 is 0 Å². The van der Waals surface area contributed by atoms with Crippen molar-refractivity contribution >= 4 is 29.0 Å². The lowest BCUT2D eigenvalue weighted by atomic mass is 10.1. The van der Waals surface area contributed by atoms with E-state index in [9.17, 15) is 14.9 Å². The molecular weight excluding hydrogens is 360 g/mol. The molecule has 27 heavy (non-hydrogen) atoms. The molecule has 0 atom stereocenters. The highest BCUT2D eigenvalue weighted by Gasteiger charge is 2.34. The summed E-state index contributed by atoms with van der Waals surface area (Å²) in [5.74, 6) is 0.232. The quantitative estimate of drug-likeness (QED) is 0.553. The largest absolute Gasteiger partial charge is 0.488 e. The van der Waals surface area contributed by atoms with Gasteiger partial charge < -0.3 is 4.74 Å². The highest BCUT2D eigenvalue weighted by molar-refractivity contribution is 8.18. The number of hydrogen-bond donors (Lipinski definition) is 0. The number of benzene rings is 2. The van der Waals surface area contributed by atoms with Crippen molar-refractivity contribution in [1.82, 2.24) is 4.90 Å². The van der Waals surface area contributed by atoms with E-state index in [1.807, 2.05) is 30.3 Å². The first-order chi connectivity index (χ1) is 13.1. The molecule has 134 valence electrons. The topological polar surface area (TPSA) is 70.4 Å². The van der Waals surface area contributed by atoms with Gasteiger partial charge in [0.25, 0.3) is 11.1 Å². The number of rotatable bonds is 6. The van der Waals surface area contributed by atoms with Crippen molar-refractivity contribution in [2.75, 3.05) is 6.54 Å². The van der Waals surface area contributed by atoms with Crippen molar-refractivity contribution in [3.63, 3.8) is 0 Å². The first-order valence-corrected chi connectivity index (χ1v) is 9.01. The summed E-state index contributed by atoms with van der Waals surface area (Å²) in [5.41, 5.74) is 2.03. The zero-order valence-corrected chi connectivity index (χ0v) is 15.2. The second-order valence-corrected chi connectivity index (χ2v) is 6.67. The van der Waals surface area contributed by atoms with Gasteiger partial charge in [0, 0.05) is 17.7 Å². The van der Waals surface area contributed by atoms with E-state index in [0.29, 0.717) is 21.8 Å². The second-order valence-electron chi connectivity index (χ2n) is 5.68. The zero-order chi connectivity index (χ0) is 19.2. The number of nitriles is 1. The van der Waals surface area contributed by atoms with Gasteiger partial charge in [0.15, 0.2) is 0 Å². The lowest BCUT2D eigenvalue weighted by Crippen LogP contribution is -2.27. The van der Waals surface area contributed by atoms with Gasteiger partial charge in [0.1, 0.15) is 12.4 Å². The predicted octanol–water partition coefficient (Wildman–Crippen LogP) is 4.36. The number of ether oxygens (including phenoxy) is 1. The molecule has 1 saturated heterocycles. The number of imide groups is 1. The molecule has 0 aromatic heterocycles. The Morgan fingerprint density at radius 3 is 2.67 bits per heavy atom. The van der Waals surface area contributed by atoms with E-state index in [-0.39, 0.29) is 24.3 Å². The number of hydrogen-bond acceptors (Lipinski definition) is 5. The molecule has 1 heterocycles. The fourth-order valence-electron chi connectivity index (χ4n) is 2.57. The molecule has 1 aliphatic heterocycles. The minimum absolute atomic E-state index is 0.186. The number of para-hydroxylation sites is 1. The molecule has 5 nitrogen and oxygen atoms in total. The fourth-order valence-corrected chi connectivity index (χ4v) is 3.41. The predicted molar refractivity (Wildman–Crippen MR) is 105 cm³/mol. The Hall–Kier alpha value is -3.30. The minimum Gasteiger partial charge on any atom is -0.488 e. The summed E-state index contributed by atoms with van der Waals surface area (Å²) in [6.45, 7) is 3.98. The van der Waals surface area contributed by atoms with Crippen LogP contribution in [0.1, 0.15) is 16.7 Å². The molecule has 0 unspecified atom stereocenters. The average Bonchev–Trinajstić information content (AvgIpc) is 2.95. The summed E-state index contributed by atoms with van der Waals surface area (Å²) >= 11 is 0.898. The average molecular weight is 376 g/mol. The number of amides is 2. The van der Waals surface area contributed by atoms with Gasteiger partial charge in [-0.05, 0) is 30.0 Å². The summed E-state index contributed by atoms with van der Waals surface area (Å²) in [7, 11) is 0. The molecule has 1 aliphatic rings. The summed E-state index contributed by atoms with van der Waals surface area (Å²) in [6.07, 6.45) is 3.17. The maximum absolute atomic E-state index is 12.4. The molecule has 0 spiro atoms. The van der Waals surface area contributed by atoms with Crippen LogP contribution in [0.15, 0.2) is 66.1 Å². The molecule has 0 bridgehead atoms. The van der Waals surface area contributed by atoms with Crippen LogP contribution in [0.5, 0.6) is 5.75 Å². The third-order valence-corrected chi connectivity index (χ3v) is 4.82. The molecule has 2 aromatic rings. The van der Waals surface area contributed by atoms with Gasteiger partial charge in [-0.25, -0.2) is 0 Å². The van der Waals surface area contributed by atoms with Gasteiger partial charge >= 0.3 is 0 Å². The van der Waals surface area contributed by atoms with Gasteiger partial charge in [-0.15, -0.1) is 6.58 Å². The highest BCUT2D eigenvalue weighted by Crippen LogP contribution is 2.34. The molecule has 2 amide bonds. The van der Waals surface area contributed by atoms with Crippen LogP contribution in [0, 0.1) is 11.3 Å². The monoisotopic (exact) mass is 376 g/mol. The maximum Gasteiger partial charge on any atom is 0.293 e. The fraction of sp³-hybridized carbons (Fsp3) is 0.0952. The molecule has 0 aliphatic carbocycles. The van der Waals surface area contributed by atoms with Crippen LogP contribution in [0.25, 0.3) is 6.08 Å². The zero-order valence-electron chi connectivity index (χ0n) is 14.4. The van der Waals surface area contributed by atoms with E-state index in [0.717, 1.165) is 22.2 Å². The molecule has 2 aromatic carbocycles. The van der Waals surface area contributed by atoms with Crippen molar-refractivity contribution in [2.45, 2.75) is 6.61 Å². The first-order valence-electron chi connectivity index (χ1n) is 8.20. The third kappa shape index (κ3) is 4.10. The number of carbonyl (C=O) groups is 2. The molecule has 0 saturated carbocycles. The van der Waals surface area contributed by atoms with E-state index in [1.165, 1.54) is 6.08 Å². The Morgan fingerprint density at radius 2 is 1.89 bits per heavy atom. The van der Waals surface area contributed by atoms with Gasteiger partial charge in [-0.1, -0.05) is 42.5 Å². The van der Waals surface area contributed by atoms with Crippen molar-refractivity contribution in [3.05, 3.63) is 82.8 Å². The summed E-state index contributed by atoms with van der Waals surface area (Å²) < 4.78 is 5.88. The van der Waals surface area contributed by atoms with Crippen LogP contribution in [0.3, 0.4) is 0 Å². The first kappa shape index (κ1) is 18.5. The third-order valence-electron chi connectivity index (χ3n) is 3.91. The van der Waals surface area contributed by atoms with Crippen LogP contribution < -0.4 is 4.74 Å². The molecule has 1 fully saturated rings. The van der Waals surface area contributed by atoms with E-state index in [1.54, 1.807) is 24.3 Å². The van der Waals surface area contributed by atoms with Crippen LogP contribution in [0.4, 0.5) is 4.79 Å². The van der Waals surface area contributed by atoms with Crippen molar-refractivity contribution < 1.29 is 14.3 Å². The second kappa shape index (κ2) is 8.39. The van der Waals surface area contributed by atoms with Crippen LogP contribution in [-0.4, -0.2) is 22.6 Å². The van der Waals surface area contributed by atoms with E-state index >= 15 is 0 Å². The summed E-state index contributed by atoms with van der Waals surface area (Å²) in [6, 6.07) is 16.6. The van der Waals surface area contributed by atoms with Gasteiger partial charge in [0.05, 0.1) is 16.5 Å². The normalized spacial score (nSPS) is 15.1. The lowest BCUT2D eigenvalue weighted by Gasteiger charge is -2.11. The Bertz CT molecular complexity index is 975. The van der Waals surface area contributed by atoms with Crippen LogP contribution in [-0.2, 0) is 11.4 Å². The van der Waals surface area contributed by atoms with Crippen LogP contribution in [0.2, 0.25) is 0 Å². The minimum atomic E-state index is -0.338. The standard InChI is InChI=1S/C21H16N2O3S/c1-2-11-23-20(24)19(27-21(23)25)12-15-7-5-6-10-18(15)26-14-17-9-4-3-8-16(17)13-22/h2-10,12H,1,11,14H2/b19-12+. The molecule has 0 N–H and O–H groups in total. The summed E-state index contributed by atoms with van der Waals surface area (Å²) in [4.78, 5) is 25.8. The molecule has 3 rings (SSSR count). The smallest absolute Gasteiger partial charge is 0.293 e. The van der Waals surface area contributed by atoms with E-state index in [2.05, 4.69) is 12.6 Å². The van der Waals surface area contributed by atoms with Crippen LogP contribution >= 0.6 is 11.8 Å². The number of carbonyl (C=O) groups excluding carboxylic acids is 2.